The minimum atomic E-state index is -0.0843. The summed E-state index contributed by atoms with van der Waals surface area (Å²) in [5.74, 6) is 0.308. The zero-order chi connectivity index (χ0) is 10.2. The van der Waals surface area contributed by atoms with Gasteiger partial charge >= 0.3 is 0 Å². The molecular weight excluding hydrogens is 262 g/mol. The molecule has 0 unspecified atom stereocenters. The second-order valence-corrected chi connectivity index (χ2v) is 6.21. The summed E-state index contributed by atoms with van der Waals surface area (Å²) in [6.45, 7) is 0.807. The highest BCUT2D eigenvalue weighted by Gasteiger charge is 2.49. The molecule has 0 atom stereocenters. The topological polar surface area (TPSA) is 29.1 Å². The lowest BCUT2D eigenvalue weighted by molar-refractivity contribution is 0.0904. The number of hydrogen-bond acceptors (Lipinski definition) is 3. The van der Waals surface area contributed by atoms with Crippen LogP contribution in [0.2, 0.25) is 0 Å². The average Bonchev–Trinajstić information content (AvgIpc) is 2.81. The molecule has 0 amide bonds. The predicted octanol–water partition coefficient (Wildman–Crippen LogP) is 2.69. The molecule has 0 aliphatic heterocycles. The van der Waals surface area contributed by atoms with Gasteiger partial charge in [-0.15, -0.1) is 11.3 Å². The summed E-state index contributed by atoms with van der Waals surface area (Å²) in [4.78, 5) is 13.0. The van der Waals surface area contributed by atoms with Crippen LogP contribution in [0.1, 0.15) is 22.5 Å². The van der Waals surface area contributed by atoms with E-state index in [9.17, 15) is 4.79 Å². The number of nitrogens with one attached hydrogen (secondary N) is 1. The molecule has 76 valence electrons. The summed E-state index contributed by atoms with van der Waals surface area (Å²) in [5.41, 5.74) is -0.0843. The number of hydrogen-bond donors (Lipinski definition) is 1. The molecule has 0 bridgehead atoms. The minimum absolute atomic E-state index is 0.0843. The molecule has 1 aromatic heterocycles. The molecule has 0 radical (unpaired) electrons. The predicted molar refractivity (Wildman–Crippen MR) is 61.9 cm³/mol. The molecule has 0 aromatic carbocycles. The second kappa shape index (κ2) is 3.76. The molecule has 1 aliphatic rings. The quantitative estimate of drug-likeness (QED) is 0.855. The van der Waals surface area contributed by atoms with Gasteiger partial charge in [-0.25, -0.2) is 0 Å². The van der Waals surface area contributed by atoms with Crippen LogP contribution in [0.5, 0.6) is 0 Å². The largest absolute Gasteiger partial charge is 0.319 e. The Morgan fingerprint density at radius 3 is 2.79 bits per heavy atom. The van der Waals surface area contributed by atoms with Crippen molar-refractivity contribution in [3.63, 3.8) is 0 Å². The zero-order valence-electron chi connectivity index (χ0n) is 7.97. The summed E-state index contributed by atoms with van der Waals surface area (Å²) in [7, 11) is 1.90. The van der Waals surface area contributed by atoms with Gasteiger partial charge < -0.3 is 5.32 Å². The average molecular weight is 274 g/mol. The van der Waals surface area contributed by atoms with E-state index in [0.29, 0.717) is 5.78 Å². The van der Waals surface area contributed by atoms with Gasteiger partial charge in [0.2, 0.25) is 0 Å². The smallest absolute Gasteiger partial charge is 0.180 e. The first-order chi connectivity index (χ1) is 6.68. The first kappa shape index (κ1) is 10.3. The Morgan fingerprint density at radius 1 is 1.64 bits per heavy atom. The number of thiophene rings is 1. The zero-order valence-corrected chi connectivity index (χ0v) is 10.4. The van der Waals surface area contributed by atoms with Gasteiger partial charge in [0.15, 0.2) is 5.78 Å². The monoisotopic (exact) mass is 273 g/mol. The fourth-order valence-electron chi connectivity index (χ4n) is 1.67. The number of halogens is 1. The standard InChI is InChI=1S/C10H12BrNOS/c1-12-6-10(4-5-10)9(13)7-2-3-8(11)14-7/h2-3,12H,4-6H2,1H3. The van der Waals surface area contributed by atoms with Crippen LogP contribution in [0.3, 0.4) is 0 Å². The summed E-state index contributed by atoms with van der Waals surface area (Å²) >= 11 is 4.91. The van der Waals surface area contributed by atoms with E-state index >= 15 is 0 Å². The van der Waals surface area contributed by atoms with E-state index in [1.54, 1.807) is 0 Å². The van der Waals surface area contributed by atoms with E-state index in [2.05, 4.69) is 21.2 Å². The molecule has 1 aromatic rings. The van der Waals surface area contributed by atoms with Crippen molar-refractivity contribution in [1.82, 2.24) is 5.32 Å². The van der Waals surface area contributed by atoms with Gasteiger partial charge in [0.05, 0.1) is 8.66 Å². The Balaban J connectivity index is 2.16. The summed E-state index contributed by atoms with van der Waals surface area (Å²) in [6, 6.07) is 3.85. The van der Waals surface area contributed by atoms with Gasteiger partial charge in [-0.3, -0.25) is 4.79 Å². The molecular formula is C10H12BrNOS. The highest BCUT2D eigenvalue weighted by Crippen LogP contribution is 2.48. The Morgan fingerprint density at radius 2 is 2.36 bits per heavy atom. The van der Waals surface area contributed by atoms with Crippen LogP contribution in [0.4, 0.5) is 0 Å². The molecule has 1 N–H and O–H groups in total. The maximum atomic E-state index is 12.1. The molecule has 1 aliphatic carbocycles. The highest BCUT2D eigenvalue weighted by molar-refractivity contribution is 9.11. The lowest BCUT2D eigenvalue weighted by Gasteiger charge is -2.11. The summed E-state index contributed by atoms with van der Waals surface area (Å²) < 4.78 is 1.03. The van der Waals surface area contributed by atoms with Crippen LogP contribution < -0.4 is 5.32 Å². The molecule has 4 heteroatoms. The number of carbonyl (C=O) groups is 1. The second-order valence-electron chi connectivity index (χ2n) is 3.74. The lowest BCUT2D eigenvalue weighted by Crippen LogP contribution is -2.27. The Labute approximate surface area is 95.8 Å². The fourth-order valence-corrected chi connectivity index (χ4v) is 3.12. The van der Waals surface area contributed by atoms with E-state index in [1.807, 2.05) is 19.2 Å². The molecule has 1 saturated carbocycles. The molecule has 0 spiro atoms. The fraction of sp³-hybridized carbons (Fsp3) is 0.500. The van der Waals surface area contributed by atoms with E-state index in [0.717, 1.165) is 28.0 Å². The van der Waals surface area contributed by atoms with Gasteiger partial charge in [-0.1, -0.05) is 0 Å². The van der Waals surface area contributed by atoms with Crippen LogP contribution in [0.15, 0.2) is 15.9 Å². The SMILES string of the molecule is CNCC1(C(=O)c2ccc(Br)s2)CC1. The van der Waals surface area contributed by atoms with Gasteiger partial charge in [-0.2, -0.15) is 0 Å². The summed E-state index contributed by atoms with van der Waals surface area (Å²) in [6.07, 6.45) is 2.06. The maximum absolute atomic E-state index is 12.1. The van der Waals surface area contributed by atoms with Crippen molar-refractivity contribution in [2.45, 2.75) is 12.8 Å². The van der Waals surface area contributed by atoms with E-state index in [4.69, 9.17) is 0 Å². The third-order valence-electron chi connectivity index (χ3n) is 2.65. The Hall–Kier alpha value is -0.190. The molecule has 1 fully saturated rings. The molecule has 14 heavy (non-hydrogen) atoms. The van der Waals surface area contributed by atoms with Gasteiger partial charge in [0.25, 0.3) is 0 Å². The molecule has 2 nitrogen and oxygen atoms in total. The van der Waals surface area contributed by atoms with Crippen LogP contribution in [-0.4, -0.2) is 19.4 Å². The first-order valence-electron chi connectivity index (χ1n) is 4.63. The lowest BCUT2D eigenvalue weighted by atomic mass is 10.00. The normalized spacial score (nSPS) is 18.1. The van der Waals surface area contributed by atoms with Gasteiger partial charge in [-0.05, 0) is 48.0 Å². The van der Waals surface area contributed by atoms with Crippen molar-refractivity contribution in [3.8, 4) is 0 Å². The van der Waals surface area contributed by atoms with E-state index in [-0.39, 0.29) is 5.41 Å². The third kappa shape index (κ3) is 1.78. The number of Topliss-reactive ketones (excluding diaryl/α,β-unsaturated/α-hetero) is 1. The first-order valence-corrected chi connectivity index (χ1v) is 6.24. The van der Waals surface area contributed by atoms with E-state index in [1.165, 1.54) is 11.3 Å². The van der Waals surface area contributed by atoms with Crippen molar-refractivity contribution in [1.29, 1.82) is 0 Å². The maximum Gasteiger partial charge on any atom is 0.180 e. The minimum Gasteiger partial charge on any atom is -0.319 e. The van der Waals surface area contributed by atoms with Crippen molar-refractivity contribution in [2.24, 2.45) is 5.41 Å². The third-order valence-corrected chi connectivity index (χ3v) is 4.27. The number of carbonyl (C=O) groups excluding carboxylic acids is 1. The molecule has 2 rings (SSSR count). The van der Waals surface area contributed by atoms with Crippen LogP contribution in [0, 0.1) is 5.41 Å². The van der Waals surface area contributed by atoms with Crippen molar-refractivity contribution < 1.29 is 4.79 Å². The van der Waals surface area contributed by atoms with Gasteiger partial charge in [0.1, 0.15) is 0 Å². The highest BCUT2D eigenvalue weighted by atomic mass is 79.9. The van der Waals surface area contributed by atoms with Crippen molar-refractivity contribution in [3.05, 3.63) is 20.8 Å². The van der Waals surface area contributed by atoms with Crippen LogP contribution >= 0.6 is 27.3 Å². The van der Waals surface area contributed by atoms with Crippen LogP contribution in [0.25, 0.3) is 0 Å². The molecule has 0 saturated heterocycles. The van der Waals surface area contributed by atoms with Crippen molar-refractivity contribution in [2.75, 3.05) is 13.6 Å². The summed E-state index contributed by atoms with van der Waals surface area (Å²) in [5, 5.41) is 3.10. The number of ketones is 1. The van der Waals surface area contributed by atoms with Crippen molar-refractivity contribution >= 4 is 33.0 Å². The van der Waals surface area contributed by atoms with E-state index < -0.39 is 0 Å². The Kier molecular flexibility index (Phi) is 2.77. The molecule has 1 heterocycles. The van der Waals surface area contributed by atoms with Crippen LogP contribution in [-0.2, 0) is 0 Å². The Bertz CT molecular complexity index is 357. The number of rotatable bonds is 4. The van der Waals surface area contributed by atoms with Gasteiger partial charge in [0, 0.05) is 12.0 Å².